The molecule has 0 aliphatic heterocycles. The first-order valence-electron chi connectivity index (χ1n) is 11.2. The molecule has 9 nitrogen and oxygen atoms in total. The normalized spacial score (nSPS) is 14.5. The fourth-order valence-corrected chi connectivity index (χ4v) is 4.59. The summed E-state index contributed by atoms with van der Waals surface area (Å²) in [5.74, 6) is -1.57. The number of phenolic OH excluding ortho intramolecular Hbond substituents is 1. The van der Waals surface area contributed by atoms with Crippen molar-refractivity contribution in [2.45, 2.75) is 39.0 Å². The first-order chi connectivity index (χ1) is 16.7. The minimum absolute atomic E-state index is 0.0483. The van der Waals surface area contributed by atoms with Gasteiger partial charge in [0, 0.05) is 17.2 Å². The number of aromatic nitrogens is 2. The van der Waals surface area contributed by atoms with Gasteiger partial charge in [-0.15, -0.1) is 10.2 Å². The lowest BCUT2D eigenvalue weighted by atomic mass is 9.86. The van der Waals surface area contributed by atoms with Crippen LogP contribution >= 0.6 is 0 Å². The predicted molar refractivity (Wildman–Crippen MR) is 129 cm³/mol. The maximum Gasteiger partial charge on any atom is 0.372 e. The van der Waals surface area contributed by atoms with Crippen LogP contribution in [0.25, 0.3) is 16.8 Å². The molecular formula is C26H24N4O5. The Morgan fingerprint density at radius 2 is 1.91 bits per heavy atom. The summed E-state index contributed by atoms with van der Waals surface area (Å²) in [6, 6.07) is 11.8. The lowest BCUT2D eigenvalue weighted by Crippen LogP contribution is -2.16. The maximum absolute atomic E-state index is 13.2. The highest BCUT2D eigenvalue weighted by molar-refractivity contribution is 5.95. The minimum Gasteiger partial charge on any atom is -0.508 e. The van der Waals surface area contributed by atoms with E-state index in [1.165, 1.54) is 46.3 Å². The molecule has 178 valence electrons. The number of benzene rings is 2. The number of aryl methyl sites for hydroxylation is 2. The van der Waals surface area contributed by atoms with E-state index >= 15 is 0 Å². The van der Waals surface area contributed by atoms with Crippen LogP contribution in [0.1, 0.15) is 47.6 Å². The fourth-order valence-electron chi connectivity index (χ4n) is 4.59. The second-order valence-corrected chi connectivity index (χ2v) is 9.32. The van der Waals surface area contributed by atoms with Gasteiger partial charge in [0.05, 0.1) is 23.3 Å². The smallest absolute Gasteiger partial charge is 0.372 e. The minimum atomic E-state index is -1.23. The van der Waals surface area contributed by atoms with Gasteiger partial charge < -0.3 is 14.6 Å². The third-order valence-corrected chi connectivity index (χ3v) is 6.53. The predicted octanol–water partition coefficient (Wildman–Crippen LogP) is 5.78. The second-order valence-electron chi connectivity index (χ2n) is 9.32. The molecule has 0 radical (unpaired) electrons. The summed E-state index contributed by atoms with van der Waals surface area (Å²) in [4.78, 5) is 24.7. The van der Waals surface area contributed by atoms with Crippen LogP contribution < -0.4 is 5.56 Å². The van der Waals surface area contributed by atoms with E-state index in [1.54, 1.807) is 6.92 Å². The van der Waals surface area contributed by atoms with Gasteiger partial charge in [0.2, 0.25) is 5.76 Å². The largest absolute Gasteiger partial charge is 0.508 e. The highest BCUT2D eigenvalue weighted by Crippen LogP contribution is 2.39. The van der Waals surface area contributed by atoms with E-state index in [0.29, 0.717) is 11.3 Å². The Kier molecular flexibility index (Phi) is 5.20. The highest BCUT2D eigenvalue weighted by atomic mass is 16.4. The molecule has 4 aromatic rings. The Morgan fingerprint density at radius 1 is 1.11 bits per heavy atom. The zero-order valence-corrected chi connectivity index (χ0v) is 19.5. The molecule has 35 heavy (non-hydrogen) atoms. The van der Waals surface area contributed by atoms with Gasteiger partial charge in [-0.2, -0.15) is 0 Å². The van der Waals surface area contributed by atoms with Crippen LogP contribution in [0, 0.1) is 6.92 Å². The van der Waals surface area contributed by atoms with Crippen molar-refractivity contribution in [1.82, 2.24) is 9.78 Å². The van der Waals surface area contributed by atoms with Gasteiger partial charge in [-0.25, -0.2) is 9.48 Å². The molecule has 0 fully saturated rings. The van der Waals surface area contributed by atoms with E-state index in [4.69, 9.17) is 4.42 Å². The van der Waals surface area contributed by atoms with Crippen LogP contribution in [-0.2, 0) is 11.8 Å². The van der Waals surface area contributed by atoms with Crippen molar-refractivity contribution in [3.63, 3.8) is 0 Å². The van der Waals surface area contributed by atoms with E-state index in [0.717, 1.165) is 18.5 Å². The number of rotatable bonds is 5. The Hall–Kier alpha value is -4.40. The van der Waals surface area contributed by atoms with Crippen molar-refractivity contribution in [2.75, 3.05) is 0 Å². The lowest BCUT2D eigenvalue weighted by molar-refractivity contribution is 0.0663. The Morgan fingerprint density at radius 3 is 2.69 bits per heavy atom. The fraction of sp³-hybridized carbons (Fsp3) is 0.231. The Labute approximate surface area is 200 Å². The van der Waals surface area contributed by atoms with Gasteiger partial charge >= 0.3 is 5.97 Å². The van der Waals surface area contributed by atoms with Gasteiger partial charge in [0.1, 0.15) is 5.75 Å². The van der Waals surface area contributed by atoms with Crippen molar-refractivity contribution < 1.29 is 19.4 Å². The number of carboxylic acid groups (broad SMARTS) is 1. The molecule has 0 atom stereocenters. The summed E-state index contributed by atoms with van der Waals surface area (Å²) < 4.78 is 6.52. The average molecular weight is 473 g/mol. The third-order valence-electron chi connectivity index (χ3n) is 6.53. The summed E-state index contributed by atoms with van der Waals surface area (Å²) in [7, 11) is 0. The number of nitrogens with one attached hydrogen (secondary N) is 1. The number of phenols is 1. The van der Waals surface area contributed by atoms with Crippen molar-refractivity contribution in [1.29, 1.82) is 0 Å². The molecule has 0 unspecified atom stereocenters. The molecule has 0 saturated heterocycles. The summed E-state index contributed by atoms with van der Waals surface area (Å²) in [5, 5.41) is 30.8. The number of hydrogen-bond acceptors (Lipinski definition) is 6. The molecule has 5 rings (SSSR count). The van der Waals surface area contributed by atoms with E-state index in [1.807, 2.05) is 12.1 Å². The zero-order valence-electron chi connectivity index (χ0n) is 19.5. The maximum atomic E-state index is 13.2. The molecule has 9 heteroatoms. The molecule has 2 heterocycles. The Bertz CT molecular complexity index is 1550. The van der Waals surface area contributed by atoms with E-state index < -0.39 is 5.97 Å². The zero-order chi connectivity index (χ0) is 24.9. The number of nitrogens with zero attached hydrogens (tertiary/aromatic N) is 3. The first-order valence-corrected chi connectivity index (χ1v) is 11.2. The van der Waals surface area contributed by atoms with Crippen LogP contribution in [0.3, 0.4) is 0 Å². The molecule has 3 N–H and O–H groups in total. The van der Waals surface area contributed by atoms with E-state index in [-0.39, 0.29) is 39.4 Å². The van der Waals surface area contributed by atoms with Crippen molar-refractivity contribution in [3.05, 3.63) is 81.7 Å². The number of azo groups is 1. The van der Waals surface area contributed by atoms with Crippen molar-refractivity contribution in [3.8, 4) is 22.6 Å². The van der Waals surface area contributed by atoms with Crippen LogP contribution in [0.2, 0.25) is 0 Å². The van der Waals surface area contributed by atoms with Crippen molar-refractivity contribution in [2.24, 2.45) is 10.2 Å². The van der Waals surface area contributed by atoms with Crippen LogP contribution in [0.15, 0.2) is 68.2 Å². The average Bonchev–Trinajstić information content (AvgIpc) is 3.49. The van der Waals surface area contributed by atoms with Gasteiger partial charge in [-0.1, -0.05) is 19.9 Å². The quantitative estimate of drug-likeness (QED) is 0.317. The first kappa shape index (κ1) is 22.4. The number of aromatic carboxylic acids is 1. The number of furan rings is 1. The van der Waals surface area contributed by atoms with Gasteiger partial charge in [0.25, 0.3) is 5.56 Å². The molecular weight excluding hydrogens is 448 g/mol. The van der Waals surface area contributed by atoms with Crippen LogP contribution in [0.4, 0.5) is 11.4 Å². The number of carbonyl (C=O) groups is 1. The molecule has 2 aromatic heterocycles. The van der Waals surface area contributed by atoms with Crippen LogP contribution in [-0.4, -0.2) is 26.0 Å². The monoisotopic (exact) mass is 472 g/mol. The topological polar surface area (TPSA) is 133 Å². The van der Waals surface area contributed by atoms with E-state index in [9.17, 15) is 19.8 Å². The van der Waals surface area contributed by atoms with Gasteiger partial charge in [-0.05, 0) is 66.6 Å². The second kappa shape index (κ2) is 8.12. The third kappa shape index (κ3) is 3.84. The number of aromatic hydroxyl groups is 1. The SMILES string of the molecule is Cc1[nH]n(-c2ccc3c(c2)C(C)(C)CC3)c(=O)c1N=Nc1cc(O)ccc1-c1ccoc1C(=O)O. The number of hydrogen-bond donors (Lipinski definition) is 3. The standard InChI is InChI=1S/C26H24N4O5/c1-14-22(24(32)30(29-14)16-5-4-15-8-10-26(2,3)20(15)12-16)28-27-21-13-17(31)6-7-18(21)19-9-11-35-23(19)25(33)34/h4-7,9,11-13,29,31H,8,10H2,1-3H3,(H,33,34). The number of fused-ring (bicyclic) bond motifs is 1. The number of carboxylic acids is 1. The van der Waals surface area contributed by atoms with Crippen molar-refractivity contribution >= 4 is 17.3 Å². The molecule has 1 aliphatic carbocycles. The van der Waals surface area contributed by atoms with Gasteiger partial charge in [-0.3, -0.25) is 9.89 Å². The molecule has 0 amide bonds. The van der Waals surface area contributed by atoms with Gasteiger partial charge in [0.15, 0.2) is 5.69 Å². The molecule has 1 aliphatic rings. The molecule has 0 saturated carbocycles. The Balaban J connectivity index is 1.55. The summed E-state index contributed by atoms with van der Waals surface area (Å²) in [5.41, 5.74) is 4.45. The molecule has 0 spiro atoms. The summed E-state index contributed by atoms with van der Waals surface area (Å²) >= 11 is 0. The lowest BCUT2D eigenvalue weighted by Gasteiger charge is -2.19. The summed E-state index contributed by atoms with van der Waals surface area (Å²) in [6.07, 6.45) is 3.35. The summed E-state index contributed by atoms with van der Waals surface area (Å²) in [6.45, 7) is 6.13. The number of aromatic amines is 1. The van der Waals surface area contributed by atoms with Crippen LogP contribution in [0.5, 0.6) is 5.75 Å². The molecule has 0 bridgehead atoms. The highest BCUT2D eigenvalue weighted by Gasteiger charge is 2.30. The van der Waals surface area contributed by atoms with E-state index in [2.05, 4.69) is 35.2 Å². The molecule has 2 aromatic carbocycles. The number of H-pyrrole nitrogens is 1.